The van der Waals surface area contributed by atoms with Crippen molar-refractivity contribution in [2.24, 2.45) is 0 Å². The molecule has 1 saturated heterocycles. The van der Waals surface area contributed by atoms with Gasteiger partial charge in [0.05, 0.1) is 13.2 Å². The molecule has 0 saturated carbocycles. The van der Waals surface area contributed by atoms with Crippen LogP contribution in [0.1, 0.15) is 6.92 Å². The summed E-state index contributed by atoms with van der Waals surface area (Å²) in [5.41, 5.74) is 0. The number of ether oxygens (including phenoxy) is 1. The molecule has 1 unspecified atom stereocenters. The molecule has 0 aromatic rings. The van der Waals surface area contributed by atoms with Crippen molar-refractivity contribution in [3.8, 4) is 0 Å². The second-order valence-electron chi connectivity index (χ2n) is 1.80. The molecule has 1 heterocycles. The SMILES string of the molecule is CC1COCCOO1. The van der Waals surface area contributed by atoms with E-state index in [2.05, 4.69) is 4.89 Å². The molecule has 0 N–H and O–H groups in total. The Labute approximate surface area is 48.5 Å². The Morgan fingerprint density at radius 1 is 1.38 bits per heavy atom. The first-order valence-electron chi connectivity index (χ1n) is 2.75. The van der Waals surface area contributed by atoms with E-state index < -0.39 is 0 Å². The van der Waals surface area contributed by atoms with Crippen LogP contribution in [0.3, 0.4) is 0 Å². The number of rotatable bonds is 0. The van der Waals surface area contributed by atoms with Crippen LogP contribution in [0.4, 0.5) is 0 Å². The van der Waals surface area contributed by atoms with Crippen molar-refractivity contribution < 1.29 is 14.5 Å². The first kappa shape index (κ1) is 6.01. The summed E-state index contributed by atoms with van der Waals surface area (Å²) in [6, 6.07) is 0. The van der Waals surface area contributed by atoms with Crippen LogP contribution in [-0.4, -0.2) is 25.9 Å². The zero-order valence-corrected chi connectivity index (χ0v) is 4.92. The highest BCUT2D eigenvalue weighted by atomic mass is 17.2. The minimum absolute atomic E-state index is 0.0810. The fourth-order valence-corrected chi connectivity index (χ4v) is 0.534. The van der Waals surface area contributed by atoms with Crippen LogP contribution < -0.4 is 0 Å². The summed E-state index contributed by atoms with van der Waals surface area (Å²) >= 11 is 0. The normalized spacial score (nSPS) is 31.9. The van der Waals surface area contributed by atoms with Crippen LogP contribution >= 0.6 is 0 Å². The third-order valence-electron chi connectivity index (χ3n) is 0.896. The lowest BCUT2D eigenvalue weighted by Gasteiger charge is -2.03. The molecular formula is C5H10O3. The molecule has 3 nitrogen and oxygen atoms in total. The van der Waals surface area contributed by atoms with Crippen molar-refractivity contribution in [1.29, 1.82) is 0 Å². The molecule has 48 valence electrons. The molecule has 1 fully saturated rings. The van der Waals surface area contributed by atoms with Gasteiger partial charge in [0.25, 0.3) is 0 Å². The van der Waals surface area contributed by atoms with E-state index in [0.717, 1.165) is 0 Å². The van der Waals surface area contributed by atoms with Crippen LogP contribution in [0.2, 0.25) is 0 Å². The van der Waals surface area contributed by atoms with Gasteiger partial charge >= 0.3 is 0 Å². The van der Waals surface area contributed by atoms with Gasteiger partial charge in [-0.3, -0.25) is 0 Å². The Kier molecular flexibility index (Phi) is 2.27. The van der Waals surface area contributed by atoms with Gasteiger partial charge in [-0.05, 0) is 6.92 Å². The van der Waals surface area contributed by atoms with E-state index in [1.165, 1.54) is 0 Å². The monoisotopic (exact) mass is 118 g/mol. The highest BCUT2D eigenvalue weighted by molar-refractivity contribution is 4.44. The Morgan fingerprint density at radius 2 is 2.25 bits per heavy atom. The average Bonchev–Trinajstić information content (AvgIpc) is 1.94. The predicted molar refractivity (Wildman–Crippen MR) is 27.3 cm³/mol. The van der Waals surface area contributed by atoms with E-state index in [9.17, 15) is 0 Å². The maximum atomic E-state index is 5.06. The van der Waals surface area contributed by atoms with Gasteiger partial charge in [-0.15, -0.1) is 0 Å². The second-order valence-corrected chi connectivity index (χ2v) is 1.80. The van der Waals surface area contributed by atoms with E-state index in [1.807, 2.05) is 6.92 Å². The van der Waals surface area contributed by atoms with Crippen LogP contribution in [0, 0.1) is 0 Å². The van der Waals surface area contributed by atoms with Crippen molar-refractivity contribution in [3.05, 3.63) is 0 Å². The van der Waals surface area contributed by atoms with Crippen molar-refractivity contribution in [2.45, 2.75) is 13.0 Å². The molecule has 0 aliphatic carbocycles. The maximum absolute atomic E-state index is 5.06. The molecule has 0 spiro atoms. The summed E-state index contributed by atoms with van der Waals surface area (Å²) in [5.74, 6) is 0. The van der Waals surface area contributed by atoms with E-state index in [-0.39, 0.29) is 6.10 Å². The highest BCUT2D eigenvalue weighted by Gasteiger charge is 2.06. The van der Waals surface area contributed by atoms with Crippen LogP contribution in [0.25, 0.3) is 0 Å². The third kappa shape index (κ3) is 1.78. The molecule has 0 aromatic carbocycles. The van der Waals surface area contributed by atoms with Gasteiger partial charge in [0.2, 0.25) is 0 Å². The standard InChI is InChI=1S/C5H10O3/c1-5-4-6-2-3-7-8-5/h5H,2-4H2,1H3. The van der Waals surface area contributed by atoms with Gasteiger partial charge in [0, 0.05) is 0 Å². The molecule has 1 rings (SSSR count). The van der Waals surface area contributed by atoms with Crippen LogP contribution in [0.5, 0.6) is 0 Å². The van der Waals surface area contributed by atoms with Crippen LogP contribution in [-0.2, 0) is 14.5 Å². The summed E-state index contributed by atoms with van der Waals surface area (Å²) in [5, 5.41) is 0. The summed E-state index contributed by atoms with van der Waals surface area (Å²) < 4.78 is 5.06. The molecule has 8 heavy (non-hydrogen) atoms. The molecule has 1 aliphatic rings. The minimum atomic E-state index is 0.0810. The van der Waals surface area contributed by atoms with Crippen molar-refractivity contribution in [2.75, 3.05) is 19.8 Å². The van der Waals surface area contributed by atoms with Gasteiger partial charge in [-0.25, -0.2) is 9.78 Å². The van der Waals surface area contributed by atoms with E-state index in [0.29, 0.717) is 19.8 Å². The lowest BCUT2D eigenvalue weighted by atomic mass is 10.4. The summed E-state index contributed by atoms with van der Waals surface area (Å²) in [4.78, 5) is 9.46. The predicted octanol–water partition coefficient (Wildman–Crippen LogP) is 0.353. The van der Waals surface area contributed by atoms with Gasteiger partial charge in [-0.2, -0.15) is 0 Å². The lowest BCUT2D eigenvalue weighted by Crippen LogP contribution is -2.10. The maximum Gasteiger partial charge on any atom is 0.113 e. The topological polar surface area (TPSA) is 27.7 Å². The Hall–Kier alpha value is -0.120. The van der Waals surface area contributed by atoms with Crippen molar-refractivity contribution >= 4 is 0 Å². The number of hydrogen-bond donors (Lipinski definition) is 0. The van der Waals surface area contributed by atoms with Crippen molar-refractivity contribution in [1.82, 2.24) is 0 Å². The molecule has 0 bridgehead atoms. The molecular weight excluding hydrogens is 108 g/mol. The van der Waals surface area contributed by atoms with Crippen LogP contribution in [0.15, 0.2) is 0 Å². The smallest absolute Gasteiger partial charge is 0.113 e. The summed E-state index contributed by atoms with van der Waals surface area (Å²) in [6.45, 7) is 3.74. The Bertz CT molecular complexity index is 56.7. The second kappa shape index (κ2) is 3.02. The molecule has 0 radical (unpaired) electrons. The quantitative estimate of drug-likeness (QED) is 0.430. The van der Waals surface area contributed by atoms with Gasteiger partial charge in [0.15, 0.2) is 0 Å². The fraction of sp³-hybridized carbons (Fsp3) is 1.00. The first-order valence-corrected chi connectivity index (χ1v) is 2.75. The third-order valence-corrected chi connectivity index (χ3v) is 0.896. The Balaban J connectivity index is 2.17. The average molecular weight is 118 g/mol. The van der Waals surface area contributed by atoms with E-state index in [4.69, 9.17) is 9.62 Å². The molecule has 1 atom stereocenters. The molecule has 3 heteroatoms. The van der Waals surface area contributed by atoms with Gasteiger partial charge < -0.3 is 4.74 Å². The molecule has 0 aromatic heterocycles. The van der Waals surface area contributed by atoms with Crippen molar-refractivity contribution in [3.63, 3.8) is 0 Å². The van der Waals surface area contributed by atoms with E-state index >= 15 is 0 Å². The highest BCUT2D eigenvalue weighted by Crippen LogP contribution is 1.97. The lowest BCUT2D eigenvalue weighted by molar-refractivity contribution is -0.310. The first-order chi connectivity index (χ1) is 3.89. The summed E-state index contributed by atoms with van der Waals surface area (Å²) in [7, 11) is 0. The van der Waals surface area contributed by atoms with Gasteiger partial charge in [-0.1, -0.05) is 0 Å². The summed E-state index contributed by atoms with van der Waals surface area (Å²) in [6.07, 6.45) is 0.0810. The molecule has 1 aliphatic heterocycles. The largest absolute Gasteiger partial charge is 0.376 e. The minimum Gasteiger partial charge on any atom is -0.376 e. The zero-order valence-electron chi connectivity index (χ0n) is 4.92. The fourth-order valence-electron chi connectivity index (χ4n) is 0.534. The molecule has 0 amide bonds. The zero-order chi connectivity index (χ0) is 5.82. The number of hydrogen-bond acceptors (Lipinski definition) is 3. The Morgan fingerprint density at radius 3 is 3.12 bits per heavy atom. The van der Waals surface area contributed by atoms with E-state index in [1.54, 1.807) is 0 Å². The van der Waals surface area contributed by atoms with Gasteiger partial charge in [0.1, 0.15) is 12.7 Å².